The van der Waals surface area contributed by atoms with Gasteiger partial charge in [-0.15, -0.1) is 0 Å². The van der Waals surface area contributed by atoms with E-state index in [0.29, 0.717) is 26.6 Å². The molecule has 0 unspecified atom stereocenters. The fourth-order valence-corrected chi connectivity index (χ4v) is 5.32. The van der Waals surface area contributed by atoms with Crippen molar-refractivity contribution in [3.05, 3.63) is 101 Å². The van der Waals surface area contributed by atoms with Gasteiger partial charge in [-0.3, -0.25) is 4.79 Å². The number of nitrogens with one attached hydrogen (secondary N) is 1. The summed E-state index contributed by atoms with van der Waals surface area (Å²) < 4.78 is 11.3. The monoisotopic (exact) mass is 568 g/mol. The van der Waals surface area contributed by atoms with Crippen LogP contribution in [0.5, 0.6) is 5.75 Å². The Labute approximate surface area is 238 Å². The number of carbonyl (C=O) groups excluding carboxylic acids is 3. The minimum atomic E-state index is -0.698. The number of hydrogen-bond acceptors (Lipinski definition) is 9. The molecule has 0 bridgehead atoms. The first-order valence-corrected chi connectivity index (χ1v) is 13.2. The molecule has 0 fully saturated rings. The Kier molecular flexibility index (Phi) is 7.70. The summed E-state index contributed by atoms with van der Waals surface area (Å²) in [6, 6.07) is 22.3. The van der Waals surface area contributed by atoms with Crippen molar-refractivity contribution in [2.24, 2.45) is 0 Å². The molecule has 0 radical (unpaired) electrons. The first-order chi connectivity index (χ1) is 19.8. The number of hydrogen-bond donors (Lipinski definition) is 2. The summed E-state index contributed by atoms with van der Waals surface area (Å²) >= 11 is 1.30. The van der Waals surface area contributed by atoms with Crippen LogP contribution in [0.2, 0.25) is 0 Å². The highest BCUT2D eigenvalue weighted by Gasteiger charge is 2.21. The number of esters is 2. The minimum absolute atomic E-state index is 0.0169. The number of benzene rings is 4. The summed E-state index contributed by atoms with van der Waals surface area (Å²) in [4.78, 5) is 43.2. The highest BCUT2D eigenvalue weighted by molar-refractivity contribution is 7.99. The van der Waals surface area contributed by atoms with Crippen LogP contribution in [0.15, 0.2) is 88.9 Å². The van der Waals surface area contributed by atoms with E-state index >= 15 is 0 Å². The number of amides is 1. The van der Waals surface area contributed by atoms with Crippen LogP contribution in [0.25, 0.3) is 16.5 Å². The van der Waals surface area contributed by atoms with Crippen LogP contribution in [0.4, 0.5) is 5.69 Å². The van der Waals surface area contributed by atoms with E-state index < -0.39 is 17.8 Å². The predicted molar refractivity (Wildman–Crippen MR) is 153 cm³/mol. The number of aromatic nitrogens is 3. The molecule has 0 aliphatic heterocycles. The number of phenols is 1. The lowest BCUT2D eigenvalue weighted by atomic mass is 10.0. The highest BCUT2D eigenvalue weighted by atomic mass is 32.2. The van der Waals surface area contributed by atoms with Crippen LogP contribution in [-0.4, -0.2) is 51.9 Å². The van der Waals surface area contributed by atoms with Crippen molar-refractivity contribution in [3.63, 3.8) is 0 Å². The predicted octanol–water partition coefficient (Wildman–Crippen LogP) is 5.41. The first kappa shape index (κ1) is 27.4. The maximum atomic E-state index is 13.5. The van der Waals surface area contributed by atoms with Crippen LogP contribution in [0.3, 0.4) is 0 Å². The molecule has 0 aliphatic carbocycles. The van der Waals surface area contributed by atoms with E-state index in [0.717, 1.165) is 5.69 Å². The maximum absolute atomic E-state index is 13.5. The molecule has 0 atom stereocenters. The Morgan fingerprint density at radius 2 is 1.46 bits per heavy atom. The standard InChI is InChI=1S/C30H24N4O6S/c1-17-31-30(34(33-17)21-9-5-4-6-10-21)41-25-16-24(26(35)23-12-8-7-11-22(23)25)27(36)32-20-14-18(28(37)39-2)13-19(15-20)29(38)40-3/h4-16,35H,1-3H3,(H,32,36). The minimum Gasteiger partial charge on any atom is -0.506 e. The molecule has 41 heavy (non-hydrogen) atoms. The van der Waals surface area contributed by atoms with Crippen molar-refractivity contribution in [2.45, 2.75) is 17.0 Å². The number of aryl methyl sites for hydroxylation is 1. The number of ether oxygens (including phenoxy) is 2. The molecule has 11 heteroatoms. The number of fused-ring (bicyclic) bond motifs is 1. The van der Waals surface area contributed by atoms with E-state index in [9.17, 15) is 19.5 Å². The molecule has 5 aromatic rings. The van der Waals surface area contributed by atoms with Gasteiger partial charge in [0.15, 0.2) is 5.16 Å². The molecular weight excluding hydrogens is 544 g/mol. The topological polar surface area (TPSA) is 133 Å². The number of rotatable bonds is 7. The van der Waals surface area contributed by atoms with Crippen molar-refractivity contribution in [3.8, 4) is 11.4 Å². The second-order valence-electron chi connectivity index (χ2n) is 8.84. The molecule has 5 rings (SSSR count). The fourth-order valence-electron chi connectivity index (χ4n) is 4.25. The Bertz CT molecular complexity index is 1770. The average molecular weight is 569 g/mol. The van der Waals surface area contributed by atoms with Crippen LogP contribution in [0, 0.1) is 6.92 Å². The SMILES string of the molecule is COC(=O)c1cc(NC(=O)c2cc(Sc3nc(C)nn3-c3ccccc3)c3ccccc3c2O)cc(C(=O)OC)c1. The second-order valence-corrected chi connectivity index (χ2v) is 9.85. The molecule has 10 nitrogen and oxygen atoms in total. The zero-order valence-corrected chi connectivity index (χ0v) is 23.1. The summed E-state index contributed by atoms with van der Waals surface area (Å²) in [5, 5.41) is 20.1. The van der Waals surface area contributed by atoms with Gasteiger partial charge in [0.2, 0.25) is 0 Å². The summed E-state index contributed by atoms with van der Waals surface area (Å²) in [7, 11) is 2.41. The third kappa shape index (κ3) is 5.61. The van der Waals surface area contributed by atoms with Crippen molar-refractivity contribution in [1.29, 1.82) is 0 Å². The Hall–Kier alpha value is -5.16. The summed E-state index contributed by atoms with van der Waals surface area (Å²) in [6.07, 6.45) is 0. The third-order valence-electron chi connectivity index (χ3n) is 6.14. The molecule has 4 aromatic carbocycles. The summed E-state index contributed by atoms with van der Waals surface area (Å²) in [5.41, 5.74) is 1.03. The van der Waals surface area contributed by atoms with Gasteiger partial charge in [0, 0.05) is 16.0 Å². The number of anilines is 1. The molecule has 0 saturated heterocycles. The quantitative estimate of drug-likeness (QED) is 0.247. The Morgan fingerprint density at radius 1 is 0.854 bits per heavy atom. The van der Waals surface area contributed by atoms with Crippen molar-refractivity contribution < 1.29 is 29.0 Å². The van der Waals surface area contributed by atoms with Gasteiger partial charge in [0.25, 0.3) is 5.91 Å². The van der Waals surface area contributed by atoms with Crippen LogP contribution < -0.4 is 5.32 Å². The van der Waals surface area contributed by atoms with Crippen LogP contribution in [0.1, 0.15) is 36.9 Å². The van der Waals surface area contributed by atoms with E-state index in [1.54, 1.807) is 29.8 Å². The molecular formula is C30H24N4O6S. The molecule has 2 N–H and O–H groups in total. The average Bonchev–Trinajstić information content (AvgIpc) is 3.37. The second kappa shape index (κ2) is 11.5. The molecule has 1 aromatic heterocycles. The van der Waals surface area contributed by atoms with E-state index in [1.807, 2.05) is 42.5 Å². The smallest absolute Gasteiger partial charge is 0.337 e. The van der Waals surface area contributed by atoms with Gasteiger partial charge in [0.1, 0.15) is 11.6 Å². The van der Waals surface area contributed by atoms with Gasteiger partial charge in [-0.05, 0) is 60.5 Å². The number of phenolic OH excluding ortho intramolecular Hbond substituents is 1. The highest BCUT2D eigenvalue weighted by Crippen LogP contribution is 2.40. The van der Waals surface area contributed by atoms with E-state index in [4.69, 9.17) is 9.47 Å². The third-order valence-corrected chi connectivity index (χ3v) is 7.15. The van der Waals surface area contributed by atoms with Crippen molar-refractivity contribution >= 4 is 46.1 Å². The number of aromatic hydroxyl groups is 1. The molecule has 1 amide bonds. The van der Waals surface area contributed by atoms with Crippen LogP contribution >= 0.6 is 11.8 Å². The molecule has 0 saturated carbocycles. The van der Waals surface area contributed by atoms with Gasteiger partial charge >= 0.3 is 11.9 Å². The number of carbonyl (C=O) groups is 3. The normalized spacial score (nSPS) is 10.8. The molecule has 0 aliphatic rings. The summed E-state index contributed by atoms with van der Waals surface area (Å²) in [6.45, 7) is 1.79. The van der Waals surface area contributed by atoms with Crippen LogP contribution in [-0.2, 0) is 9.47 Å². The zero-order valence-electron chi connectivity index (χ0n) is 22.2. The van der Waals surface area contributed by atoms with E-state index in [-0.39, 0.29) is 28.1 Å². The lowest BCUT2D eigenvalue weighted by Crippen LogP contribution is -2.15. The lowest BCUT2D eigenvalue weighted by molar-refractivity contribution is 0.0598. The fraction of sp³-hybridized carbons (Fsp3) is 0.100. The van der Waals surface area contributed by atoms with Gasteiger partial charge in [-0.2, -0.15) is 5.10 Å². The van der Waals surface area contributed by atoms with Crippen molar-refractivity contribution in [2.75, 3.05) is 19.5 Å². The Balaban J connectivity index is 1.56. The van der Waals surface area contributed by atoms with Gasteiger partial charge in [-0.1, -0.05) is 42.5 Å². The molecule has 0 spiro atoms. The number of nitrogens with zero attached hydrogens (tertiary/aromatic N) is 3. The number of para-hydroxylation sites is 1. The van der Waals surface area contributed by atoms with Gasteiger partial charge < -0.3 is 19.9 Å². The Morgan fingerprint density at radius 3 is 2.10 bits per heavy atom. The number of methoxy groups -OCH3 is 2. The van der Waals surface area contributed by atoms with E-state index in [1.165, 1.54) is 44.2 Å². The first-order valence-electron chi connectivity index (χ1n) is 12.3. The maximum Gasteiger partial charge on any atom is 0.337 e. The summed E-state index contributed by atoms with van der Waals surface area (Å²) in [5.74, 6) is -1.70. The lowest BCUT2D eigenvalue weighted by Gasteiger charge is -2.14. The molecule has 1 heterocycles. The van der Waals surface area contributed by atoms with E-state index in [2.05, 4.69) is 15.4 Å². The van der Waals surface area contributed by atoms with Gasteiger partial charge in [-0.25, -0.2) is 19.3 Å². The van der Waals surface area contributed by atoms with Crippen molar-refractivity contribution in [1.82, 2.24) is 14.8 Å². The molecule has 206 valence electrons. The zero-order chi connectivity index (χ0) is 29.1. The largest absolute Gasteiger partial charge is 0.506 e. The van der Waals surface area contributed by atoms with Gasteiger partial charge in [0.05, 0.1) is 36.6 Å².